The van der Waals surface area contributed by atoms with Crippen molar-refractivity contribution < 1.29 is 48.1 Å². The highest BCUT2D eigenvalue weighted by atomic mass is 35.5. The Morgan fingerprint density at radius 2 is 1.52 bits per heavy atom. The van der Waals surface area contributed by atoms with E-state index in [-0.39, 0.29) is 36.7 Å². The topological polar surface area (TPSA) is 201 Å². The molecule has 0 saturated heterocycles. The van der Waals surface area contributed by atoms with E-state index in [1.54, 1.807) is 58.0 Å². The van der Waals surface area contributed by atoms with Gasteiger partial charge >= 0.3 is 11.9 Å². The third-order valence-corrected chi connectivity index (χ3v) is 11.2. The molecule has 0 fully saturated rings. The molecule has 9 atom stereocenters. The Balaban J connectivity index is 2.63. The van der Waals surface area contributed by atoms with Crippen LogP contribution in [0, 0.1) is 17.8 Å². The lowest BCUT2D eigenvalue weighted by Gasteiger charge is -2.33. The molecule has 0 bridgehead atoms. The van der Waals surface area contributed by atoms with E-state index in [0.29, 0.717) is 22.6 Å². The lowest BCUT2D eigenvalue weighted by Crippen LogP contribution is -2.57. The maximum Gasteiger partial charge on any atom is 0.334 e. The molecule has 0 saturated carbocycles. The minimum absolute atomic E-state index is 0.0257. The number of aliphatic hydroxyl groups excluding tert-OH is 1. The first-order chi connectivity index (χ1) is 28.0. The Hall–Kier alpha value is -4.76. The molecule has 334 valence electrons. The van der Waals surface area contributed by atoms with E-state index in [9.17, 15) is 38.7 Å². The molecule has 16 heteroatoms. The lowest BCUT2D eigenvalue weighted by atomic mass is 9.90. The number of halogens is 1. The fraction of sp³-hybridized carbons (Fsp3) is 0.614. The molecule has 15 nitrogen and oxygen atoms in total. The van der Waals surface area contributed by atoms with Crippen LogP contribution in [-0.4, -0.2) is 120 Å². The summed E-state index contributed by atoms with van der Waals surface area (Å²) in [5.41, 5.74) is 1.42. The molecular formula is C44H66ClN5O10. The monoisotopic (exact) mass is 859 g/mol. The number of nitrogens with one attached hydrogen (secondary N) is 3. The fourth-order valence-corrected chi connectivity index (χ4v) is 6.68. The van der Waals surface area contributed by atoms with Crippen LogP contribution in [0.2, 0.25) is 5.02 Å². The normalized spacial score (nSPS) is 28.6. The summed E-state index contributed by atoms with van der Waals surface area (Å²) in [7, 11) is 2.81. The molecule has 1 heterocycles. The number of carbonyl (C=O) groups excluding carboxylic acids is 7. The van der Waals surface area contributed by atoms with Crippen molar-refractivity contribution in [1.29, 1.82) is 0 Å². The number of amides is 5. The second-order valence-electron chi connectivity index (χ2n) is 16.3. The summed E-state index contributed by atoms with van der Waals surface area (Å²) in [4.78, 5) is 98.1. The number of allylic oxidation sites excluding steroid dienone is 1. The third-order valence-electron chi connectivity index (χ3n) is 10.9. The van der Waals surface area contributed by atoms with Crippen LogP contribution in [0.25, 0.3) is 0 Å². The molecule has 2 rings (SSSR count). The summed E-state index contributed by atoms with van der Waals surface area (Å²) < 4.78 is 11.5. The molecule has 5 amide bonds. The van der Waals surface area contributed by atoms with Crippen LogP contribution in [0.5, 0.6) is 0 Å². The van der Waals surface area contributed by atoms with Gasteiger partial charge in [0, 0.05) is 37.0 Å². The summed E-state index contributed by atoms with van der Waals surface area (Å²) in [6.07, 6.45) is 0.562. The summed E-state index contributed by atoms with van der Waals surface area (Å²) >= 11 is 6.11. The number of hydrogen-bond donors (Lipinski definition) is 4. The molecule has 4 N–H and O–H groups in total. The quantitative estimate of drug-likeness (QED) is 0.230. The highest BCUT2D eigenvalue weighted by molar-refractivity contribution is 6.30. The van der Waals surface area contributed by atoms with Crippen LogP contribution in [-0.2, 0) is 49.5 Å². The first kappa shape index (κ1) is 51.4. The van der Waals surface area contributed by atoms with Crippen LogP contribution in [0.1, 0.15) is 94.1 Å². The van der Waals surface area contributed by atoms with Gasteiger partial charge in [-0.15, -0.1) is 0 Å². The number of esters is 2. The lowest BCUT2D eigenvalue weighted by molar-refractivity contribution is -0.155. The van der Waals surface area contributed by atoms with Gasteiger partial charge in [0.25, 0.3) is 5.91 Å². The maximum absolute atomic E-state index is 14.2. The summed E-state index contributed by atoms with van der Waals surface area (Å²) in [6.45, 7) is 16.4. The number of carbonyl (C=O) groups is 7. The van der Waals surface area contributed by atoms with Gasteiger partial charge < -0.3 is 40.3 Å². The van der Waals surface area contributed by atoms with E-state index in [1.807, 2.05) is 20.8 Å². The zero-order chi connectivity index (χ0) is 45.6. The second kappa shape index (κ2) is 23.9. The molecule has 0 aliphatic carbocycles. The number of likely N-dealkylation sites (N-methyl/N-ethyl adjacent to an activating group) is 2. The summed E-state index contributed by atoms with van der Waals surface area (Å²) in [6, 6.07) is 2.13. The predicted molar refractivity (Wildman–Crippen MR) is 228 cm³/mol. The number of hydrogen-bond acceptors (Lipinski definition) is 10. The average Bonchev–Trinajstić information content (AvgIpc) is 3.20. The Kier molecular flexibility index (Phi) is 20.4. The number of ether oxygens (including phenoxy) is 2. The Bertz CT molecular complexity index is 1750. The Labute approximate surface area is 360 Å². The summed E-state index contributed by atoms with van der Waals surface area (Å²) in [5, 5.41) is 19.7. The smallest absolute Gasteiger partial charge is 0.334 e. The van der Waals surface area contributed by atoms with Crippen molar-refractivity contribution in [1.82, 2.24) is 25.8 Å². The van der Waals surface area contributed by atoms with E-state index >= 15 is 0 Å². The molecule has 0 radical (unpaired) electrons. The predicted octanol–water partition coefficient (Wildman–Crippen LogP) is 3.89. The van der Waals surface area contributed by atoms with E-state index in [4.69, 9.17) is 21.1 Å². The molecule has 1 aliphatic rings. The van der Waals surface area contributed by atoms with Crippen molar-refractivity contribution in [2.75, 3.05) is 20.6 Å². The van der Waals surface area contributed by atoms with Gasteiger partial charge in [0.2, 0.25) is 23.6 Å². The second-order valence-corrected chi connectivity index (χ2v) is 16.8. The molecule has 60 heavy (non-hydrogen) atoms. The highest BCUT2D eigenvalue weighted by Gasteiger charge is 2.36. The molecule has 0 spiro atoms. The van der Waals surface area contributed by atoms with Crippen molar-refractivity contribution >= 4 is 53.1 Å². The van der Waals surface area contributed by atoms with Crippen LogP contribution < -0.4 is 16.0 Å². The number of aliphatic hydroxyl groups is 1. The van der Waals surface area contributed by atoms with Gasteiger partial charge in [0.15, 0.2) is 6.10 Å². The highest BCUT2D eigenvalue weighted by Crippen LogP contribution is 2.24. The van der Waals surface area contributed by atoms with Crippen molar-refractivity contribution in [3.8, 4) is 0 Å². The van der Waals surface area contributed by atoms with Gasteiger partial charge in [-0.2, -0.15) is 0 Å². The van der Waals surface area contributed by atoms with Gasteiger partial charge in [0.1, 0.15) is 30.3 Å². The van der Waals surface area contributed by atoms with Crippen molar-refractivity contribution in [3.05, 3.63) is 58.1 Å². The first-order valence-electron chi connectivity index (χ1n) is 20.6. The number of rotatable bonds is 7. The van der Waals surface area contributed by atoms with Gasteiger partial charge in [-0.3, -0.25) is 24.0 Å². The van der Waals surface area contributed by atoms with Gasteiger partial charge in [-0.05, 0) is 82.6 Å². The van der Waals surface area contributed by atoms with Crippen molar-refractivity contribution in [3.63, 3.8) is 0 Å². The third kappa shape index (κ3) is 15.1. The molecule has 1 aliphatic heterocycles. The van der Waals surface area contributed by atoms with Gasteiger partial charge in [0.05, 0.1) is 12.6 Å². The standard InChI is InChI=1S/C44H66ClN5O10/c1-13-25(5)37-40(54)47-30(10)44(58)60-38(26(6)14-2)28(8)34(51)20-15-27(7)43(57)59-35(21-24(3)4)39(53)46-29(9)41(55)50(12)33(22-31-16-18-32(45)19-17-31)42(56)49(11)23-36(52)48-37/h14-19,24-25,28-30,33-35,37-38,51H,13,20-23H2,1-12H3,(H,46,53)(H,47,54)(H,48,52)/b26-14+,27-15+/t25?,28-,29-,30+,33+,34-,35+,37-,38+/m0/s1. The van der Waals surface area contributed by atoms with E-state index in [0.717, 1.165) is 4.90 Å². The van der Waals surface area contributed by atoms with E-state index in [1.165, 1.54) is 45.8 Å². The zero-order valence-corrected chi connectivity index (χ0v) is 37.9. The van der Waals surface area contributed by atoms with Crippen LogP contribution in [0.3, 0.4) is 0 Å². The number of benzene rings is 1. The fourth-order valence-electron chi connectivity index (χ4n) is 6.55. The van der Waals surface area contributed by atoms with Crippen LogP contribution in [0.4, 0.5) is 0 Å². The van der Waals surface area contributed by atoms with E-state index in [2.05, 4.69) is 16.0 Å². The van der Waals surface area contributed by atoms with Crippen molar-refractivity contribution in [2.45, 2.75) is 137 Å². The molecule has 0 aromatic heterocycles. The molecule has 1 aromatic rings. The Morgan fingerprint density at radius 1 is 0.917 bits per heavy atom. The molecular weight excluding hydrogens is 794 g/mol. The average molecular weight is 860 g/mol. The first-order valence-corrected chi connectivity index (χ1v) is 21.0. The molecule has 1 unspecified atom stereocenters. The number of cyclic esters (lactones) is 2. The van der Waals surface area contributed by atoms with Crippen LogP contribution in [0.15, 0.2) is 47.6 Å². The zero-order valence-electron chi connectivity index (χ0n) is 37.2. The Morgan fingerprint density at radius 3 is 2.08 bits per heavy atom. The minimum atomic E-state index is -1.28. The maximum atomic E-state index is 14.2. The molecule has 1 aromatic carbocycles. The van der Waals surface area contributed by atoms with Gasteiger partial charge in [-0.1, -0.05) is 76.9 Å². The minimum Gasteiger partial charge on any atom is -0.456 e. The van der Waals surface area contributed by atoms with Gasteiger partial charge in [-0.25, -0.2) is 9.59 Å². The number of nitrogens with zero attached hydrogens (tertiary/aromatic N) is 2. The SMILES string of the molecule is C/C=C(\C)[C@H]1OC(=O)[C@@H](C)NC(=O)[C@H](C(C)CC)NC(=O)CN(C)C(=O)[C@@H](Cc2ccc(Cl)cc2)N(C)C(=O)[C@H](C)NC(=O)[C@@H](CC(C)C)OC(=O)/C(C)=C/C[C@H](O)[C@@H]1C. The van der Waals surface area contributed by atoms with Crippen molar-refractivity contribution in [2.24, 2.45) is 17.8 Å². The van der Waals surface area contributed by atoms with E-state index < -0.39 is 96.4 Å². The van der Waals surface area contributed by atoms with Crippen LogP contribution >= 0.6 is 11.6 Å². The summed E-state index contributed by atoms with van der Waals surface area (Å²) in [5.74, 6) is -5.97. The largest absolute Gasteiger partial charge is 0.456 e.